The van der Waals surface area contributed by atoms with E-state index in [1.165, 1.54) is 9.78 Å². The van der Waals surface area contributed by atoms with Crippen molar-refractivity contribution >= 4 is 33.4 Å². The molecule has 2 N–H and O–H groups in total. The summed E-state index contributed by atoms with van der Waals surface area (Å²) >= 11 is 5.06. The fraction of sp³-hybridized carbons (Fsp3) is 0.231. The predicted molar refractivity (Wildman–Crippen MR) is 135 cm³/mol. The molecule has 0 saturated carbocycles. The van der Waals surface area contributed by atoms with Gasteiger partial charge in [0.05, 0.1) is 12.7 Å². The second-order valence-electron chi connectivity index (χ2n) is 7.84. The van der Waals surface area contributed by atoms with Crippen molar-refractivity contribution in [2.45, 2.75) is 25.0 Å². The monoisotopic (exact) mass is 540 g/mol. The molecule has 0 radical (unpaired) electrons. The number of alkyl halides is 1. The number of amides is 1. The molecule has 4 aromatic rings. The highest BCUT2D eigenvalue weighted by Crippen LogP contribution is 2.36. The molecule has 0 spiro atoms. The van der Waals surface area contributed by atoms with Gasteiger partial charge in [-0.2, -0.15) is 0 Å². The molecule has 2 aromatic heterocycles. The first kappa shape index (κ1) is 24.2. The van der Waals surface area contributed by atoms with Crippen LogP contribution in [-0.4, -0.2) is 38.1 Å². The summed E-state index contributed by atoms with van der Waals surface area (Å²) in [5.41, 5.74) is -0.284. The van der Waals surface area contributed by atoms with Crippen molar-refractivity contribution in [3.8, 4) is 0 Å². The normalized spacial score (nSPS) is 11.5. The lowest BCUT2D eigenvalue weighted by Crippen LogP contribution is -2.30. The van der Waals surface area contributed by atoms with Gasteiger partial charge in [-0.3, -0.25) is 0 Å². The third kappa shape index (κ3) is 5.41. The SMILES string of the molecule is O=C(O)N(CCc1cnc(C(O)(c2ccccc2)c2ccccc2)o1)Cc1ccc(CCBr)s1. The summed E-state index contributed by atoms with van der Waals surface area (Å²) in [4.78, 5) is 19.8. The van der Waals surface area contributed by atoms with Gasteiger partial charge in [0.15, 0.2) is 5.60 Å². The van der Waals surface area contributed by atoms with Crippen molar-refractivity contribution in [1.82, 2.24) is 9.88 Å². The second kappa shape index (κ2) is 11.0. The van der Waals surface area contributed by atoms with Gasteiger partial charge in [-0.25, -0.2) is 9.78 Å². The fourth-order valence-corrected chi connectivity index (χ4v) is 5.50. The number of aromatic nitrogens is 1. The molecule has 0 unspecified atom stereocenters. The van der Waals surface area contributed by atoms with E-state index < -0.39 is 11.7 Å². The third-order valence-corrected chi connectivity index (χ3v) is 7.08. The molecule has 4 rings (SSSR count). The summed E-state index contributed by atoms with van der Waals surface area (Å²) in [5.74, 6) is 0.664. The Morgan fingerprint density at radius 3 is 2.18 bits per heavy atom. The number of nitrogens with zero attached hydrogens (tertiary/aromatic N) is 2. The molecule has 0 saturated heterocycles. The Bertz CT molecular complexity index is 1170. The summed E-state index contributed by atoms with van der Waals surface area (Å²) in [6.07, 6.45) is 1.84. The largest absolute Gasteiger partial charge is 0.465 e. The van der Waals surface area contributed by atoms with Crippen molar-refractivity contribution in [1.29, 1.82) is 0 Å². The van der Waals surface area contributed by atoms with E-state index >= 15 is 0 Å². The molecule has 6 nitrogen and oxygen atoms in total. The van der Waals surface area contributed by atoms with Crippen LogP contribution in [-0.2, 0) is 25.0 Å². The van der Waals surface area contributed by atoms with Gasteiger partial charge < -0.3 is 19.5 Å². The van der Waals surface area contributed by atoms with Crippen molar-refractivity contribution in [2.75, 3.05) is 11.9 Å². The Morgan fingerprint density at radius 1 is 0.971 bits per heavy atom. The number of aliphatic hydroxyl groups is 1. The van der Waals surface area contributed by atoms with Crippen molar-refractivity contribution in [2.24, 2.45) is 0 Å². The van der Waals surface area contributed by atoms with Gasteiger partial charge in [0, 0.05) is 28.0 Å². The highest BCUT2D eigenvalue weighted by molar-refractivity contribution is 9.09. The van der Waals surface area contributed by atoms with Crippen molar-refractivity contribution < 1.29 is 19.4 Å². The van der Waals surface area contributed by atoms with Gasteiger partial charge in [-0.1, -0.05) is 76.6 Å². The number of benzene rings is 2. The van der Waals surface area contributed by atoms with Gasteiger partial charge in [0.25, 0.3) is 0 Å². The average molecular weight is 541 g/mol. The topological polar surface area (TPSA) is 86.8 Å². The minimum Gasteiger partial charge on any atom is -0.465 e. The van der Waals surface area contributed by atoms with Crippen LogP contribution in [0.4, 0.5) is 4.79 Å². The summed E-state index contributed by atoms with van der Waals surface area (Å²) in [6, 6.07) is 22.5. The maximum Gasteiger partial charge on any atom is 0.407 e. The van der Waals surface area contributed by atoms with Gasteiger partial charge >= 0.3 is 6.09 Å². The first-order chi connectivity index (χ1) is 16.5. The molecule has 0 aliphatic rings. The average Bonchev–Trinajstić information content (AvgIpc) is 3.52. The molecule has 2 heterocycles. The third-order valence-electron chi connectivity index (χ3n) is 5.55. The number of halogens is 1. The molecule has 8 heteroatoms. The summed E-state index contributed by atoms with van der Waals surface area (Å²) in [5, 5.41) is 22.4. The highest BCUT2D eigenvalue weighted by Gasteiger charge is 2.38. The molecular formula is C26H25BrN2O4S. The number of rotatable bonds is 10. The van der Waals surface area contributed by atoms with Crippen LogP contribution in [0, 0.1) is 0 Å². The number of carbonyl (C=O) groups is 1. The molecular weight excluding hydrogens is 516 g/mol. The highest BCUT2D eigenvalue weighted by atomic mass is 79.9. The first-order valence-corrected chi connectivity index (χ1v) is 12.8. The Balaban J connectivity index is 1.52. The minimum atomic E-state index is -1.56. The van der Waals surface area contributed by atoms with E-state index in [4.69, 9.17) is 4.42 Å². The second-order valence-corrected chi connectivity index (χ2v) is 9.88. The number of thiophene rings is 1. The van der Waals surface area contributed by atoms with Gasteiger partial charge in [0.2, 0.25) is 5.89 Å². The lowest BCUT2D eigenvalue weighted by Gasteiger charge is -2.26. The van der Waals surface area contributed by atoms with Crippen molar-refractivity contribution in [3.63, 3.8) is 0 Å². The quantitative estimate of drug-likeness (QED) is 0.252. The summed E-state index contributed by atoms with van der Waals surface area (Å²) in [7, 11) is 0. The van der Waals surface area contributed by atoms with Gasteiger partial charge in [-0.05, 0) is 29.7 Å². The molecule has 34 heavy (non-hydrogen) atoms. The van der Waals surface area contributed by atoms with Crippen LogP contribution < -0.4 is 0 Å². The zero-order chi connectivity index (χ0) is 24.0. The first-order valence-electron chi connectivity index (χ1n) is 10.9. The molecule has 0 atom stereocenters. The van der Waals surface area contributed by atoms with E-state index in [-0.39, 0.29) is 12.4 Å². The number of oxazole rings is 1. The van der Waals surface area contributed by atoms with Gasteiger partial charge in [0.1, 0.15) is 5.76 Å². The Hall–Kier alpha value is -2.94. The molecule has 0 fully saturated rings. The van der Waals surface area contributed by atoms with E-state index in [2.05, 4.69) is 20.9 Å². The Morgan fingerprint density at radius 2 is 1.59 bits per heavy atom. The van der Waals surface area contributed by atoms with E-state index in [1.54, 1.807) is 17.5 Å². The zero-order valence-corrected chi connectivity index (χ0v) is 20.8. The number of carboxylic acid groups (broad SMARTS) is 1. The minimum absolute atomic E-state index is 0.152. The van der Waals surface area contributed by atoms with Crippen LogP contribution in [0.2, 0.25) is 0 Å². The van der Waals surface area contributed by atoms with Crippen LogP contribution in [0.3, 0.4) is 0 Å². The lowest BCUT2D eigenvalue weighted by molar-refractivity contribution is 0.0908. The predicted octanol–water partition coefficient (Wildman–Crippen LogP) is 5.68. The van der Waals surface area contributed by atoms with Crippen LogP contribution in [0.25, 0.3) is 0 Å². The molecule has 1 amide bonds. The summed E-state index contributed by atoms with van der Waals surface area (Å²) < 4.78 is 5.99. The lowest BCUT2D eigenvalue weighted by atomic mass is 9.86. The fourth-order valence-electron chi connectivity index (χ4n) is 3.77. The zero-order valence-electron chi connectivity index (χ0n) is 18.4. The van der Waals surface area contributed by atoms with Crippen molar-refractivity contribution in [3.05, 3.63) is 112 Å². The summed E-state index contributed by atoms with van der Waals surface area (Å²) in [6.45, 7) is 0.575. The molecule has 0 bridgehead atoms. The van der Waals surface area contributed by atoms with Crippen LogP contribution in [0.5, 0.6) is 0 Å². The number of aryl methyl sites for hydroxylation is 1. The Kier molecular flexibility index (Phi) is 7.82. The van der Waals surface area contributed by atoms with Gasteiger partial charge in [-0.15, -0.1) is 11.3 Å². The van der Waals surface area contributed by atoms with E-state index in [0.29, 0.717) is 29.9 Å². The Labute approximate surface area is 210 Å². The van der Waals surface area contributed by atoms with E-state index in [1.807, 2.05) is 72.8 Å². The smallest absolute Gasteiger partial charge is 0.407 e. The van der Waals surface area contributed by atoms with Crippen LogP contribution in [0.15, 0.2) is 83.4 Å². The van der Waals surface area contributed by atoms with Crippen LogP contribution >= 0.6 is 27.3 Å². The van der Waals surface area contributed by atoms with Crippen LogP contribution in [0.1, 0.15) is 32.5 Å². The molecule has 176 valence electrons. The molecule has 0 aliphatic heterocycles. The molecule has 2 aromatic carbocycles. The maximum absolute atomic E-state index is 11.8. The number of hydrogen-bond acceptors (Lipinski definition) is 5. The van der Waals surface area contributed by atoms with E-state index in [0.717, 1.165) is 16.6 Å². The molecule has 0 aliphatic carbocycles. The maximum atomic E-state index is 11.8. The number of hydrogen-bond donors (Lipinski definition) is 2. The van der Waals surface area contributed by atoms with E-state index in [9.17, 15) is 15.0 Å². The standard InChI is InChI=1S/C26H25BrN2O4S/c27-15-13-22-11-12-23(34-22)18-29(25(30)31)16-14-21-17-28-24(33-21)26(32,19-7-3-1-4-8-19)20-9-5-2-6-10-20/h1-12,17,32H,13-16,18H2,(H,30,31).